The lowest BCUT2D eigenvalue weighted by molar-refractivity contribution is 0.546. The third kappa shape index (κ3) is 1.78. The lowest BCUT2D eigenvalue weighted by Gasteiger charge is -2.04. The Balaban J connectivity index is 1.90. The highest BCUT2D eigenvalue weighted by atomic mass is 16.3. The number of allylic oxidation sites excluding steroid dienone is 1. The second-order valence-electron chi connectivity index (χ2n) is 5.46. The summed E-state index contributed by atoms with van der Waals surface area (Å²) >= 11 is 0. The molecule has 0 saturated carbocycles. The molecular weight excluding hydrogens is 244 g/mol. The Morgan fingerprint density at radius 2 is 1.75 bits per heavy atom. The molecule has 1 aliphatic rings. The molecule has 0 bridgehead atoms. The monoisotopic (exact) mass is 260 g/mol. The van der Waals surface area contributed by atoms with E-state index >= 15 is 0 Å². The van der Waals surface area contributed by atoms with E-state index in [1.165, 1.54) is 27.6 Å². The predicted molar refractivity (Wildman–Crippen MR) is 83.7 cm³/mol. The lowest BCUT2D eigenvalue weighted by Crippen LogP contribution is -1.88. The molecule has 2 aromatic carbocycles. The number of hydrogen-bond donors (Lipinski definition) is 0. The van der Waals surface area contributed by atoms with Gasteiger partial charge in [-0.15, -0.1) is 0 Å². The van der Waals surface area contributed by atoms with Crippen molar-refractivity contribution in [3.05, 3.63) is 65.4 Å². The molecule has 0 aliphatic heterocycles. The van der Waals surface area contributed by atoms with E-state index in [0.717, 1.165) is 24.2 Å². The Bertz CT molecular complexity index is 804. The maximum atomic E-state index is 5.95. The van der Waals surface area contributed by atoms with Gasteiger partial charge in [0.25, 0.3) is 0 Å². The molecule has 0 saturated heterocycles. The average Bonchev–Trinajstić information content (AvgIpc) is 2.86. The summed E-state index contributed by atoms with van der Waals surface area (Å²) in [7, 11) is 0. The molecule has 4 rings (SSSR count). The zero-order valence-corrected chi connectivity index (χ0v) is 11.5. The molecule has 0 fully saturated rings. The van der Waals surface area contributed by atoms with Crippen LogP contribution in [0.25, 0.3) is 28.2 Å². The molecule has 3 aromatic rings. The minimum Gasteiger partial charge on any atom is -0.460 e. The van der Waals surface area contributed by atoms with Gasteiger partial charge in [0.2, 0.25) is 0 Å². The minimum atomic E-state index is 0.998. The van der Waals surface area contributed by atoms with Crippen LogP contribution in [0.5, 0.6) is 0 Å². The summed E-state index contributed by atoms with van der Waals surface area (Å²) < 4.78 is 5.95. The highest BCUT2D eigenvalue weighted by Gasteiger charge is 2.14. The number of furan rings is 1. The number of aryl methyl sites for hydroxylation is 2. The van der Waals surface area contributed by atoms with Crippen LogP contribution in [0.15, 0.2) is 53.0 Å². The van der Waals surface area contributed by atoms with Crippen molar-refractivity contribution < 1.29 is 4.42 Å². The summed E-state index contributed by atoms with van der Waals surface area (Å²) in [5.74, 6) is 1.13. The van der Waals surface area contributed by atoms with Gasteiger partial charge in [-0.05, 0) is 36.6 Å². The van der Waals surface area contributed by atoms with Gasteiger partial charge >= 0.3 is 0 Å². The first kappa shape index (κ1) is 11.5. The van der Waals surface area contributed by atoms with E-state index in [1.54, 1.807) is 0 Å². The van der Waals surface area contributed by atoms with Crippen LogP contribution in [0.2, 0.25) is 0 Å². The highest BCUT2D eigenvalue weighted by molar-refractivity contribution is 5.92. The van der Waals surface area contributed by atoms with Crippen LogP contribution in [0, 0.1) is 6.92 Å². The van der Waals surface area contributed by atoms with Gasteiger partial charge in [0.05, 0.1) is 0 Å². The molecule has 0 unspecified atom stereocenters. The van der Waals surface area contributed by atoms with E-state index in [1.807, 2.05) is 0 Å². The molecule has 0 atom stereocenters. The SMILES string of the molecule is Cc1ccc(-c2ccc3oc4c(c3c2)C=CCC4)cc1. The zero-order chi connectivity index (χ0) is 13.5. The van der Waals surface area contributed by atoms with Gasteiger partial charge in [-0.2, -0.15) is 0 Å². The maximum absolute atomic E-state index is 5.95. The lowest BCUT2D eigenvalue weighted by atomic mass is 9.98. The second-order valence-corrected chi connectivity index (χ2v) is 5.46. The average molecular weight is 260 g/mol. The van der Waals surface area contributed by atoms with E-state index in [9.17, 15) is 0 Å². The Morgan fingerprint density at radius 1 is 0.950 bits per heavy atom. The summed E-state index contributed by atoms with van der Waals surface area (Å²) in [6.07, 6.45) is 6.53. The van der Waals surface area contributed by atoms with E-state index in [2.05, 4.69) is 61.5 Å². The van der Waals surface area contributed by atoms with Crippen molar-refractivity contribution in [2.45, 2.75) is 19.8 Å². The van der Waals surface area contributed by atoms with Crippen molar-refractivity contribution in [1.29, 1.82) is 0 Å². The number of fused-ring (bicyclic) bond motifs is 3. The Hall–Kier alpha value is -2.28. The summed E-state index contributed by atoms with van der Waals surface area (Å²) in [6, 6.07) is 15.2. The van der Waals surface area contributed by atoms with E-state index < -0.39 is 0 Å². The molecule has 98 valence electrons. The first-order valence-corrected chi connectivity index (χ1v) is 7.10. The van der Waals surface area contributed by atoms with E-state index in [4.69, 9.17) is 4.42 Å². The smallest absolute Gasteiger partial charge is 0.134 e. The fourth-order valence-corrected chi connectivity index (χ4v) is 2.88. The van der Waals surface area contributed by atoms with Crippen LogP contribution in [0.4, 0.5) is 0 Å². The van der Waals surface area contributed by atoms with Crippen LogP contribution in [-0.2, 0) is 6.42 Å². The Labute approximate surface area is 118 Å². The molecule has 1 aliphatic carbocycles. The van der Waals surface area contributed by atoms with Gasteiger partial charge in [-0.1, -0.05) is 48.0 Å². The van der Waals surface area contributed by atoms with Gasteiger partial charge in [-0.3, -0.25) is 0 Å². The Morgan fingerprint density at radius 3 is 2.60 bits per heavy atom. The molecule has 1 heteroatoms. The molecule has 0 spiro atoms. The fourth-order valence-electron chi connectivity index (χ4n) is 2.88. The van der Waals surface area contributed by atoms with Crippen molar-refractivity contribution in [3.8, 4) is 11.1 Å². The fraction of sp³-hybridized carbons (Fsp3) is 0.158. The van der Waals surface area contributed by atoms with Gasteiger partial charge in [0, 0.05) is 17.4 Å². The molecule has 20 heavy (non-hydrogen) atoms. The number of hydrogen-bond acceptors (Lipinski definition) is 1. The van der Waals surface area contributed by atoms with Crippen LogP contribution in [-0.4, -0.2) is 0 Å². The van der Waals surface area contributed by atoms with Crippen molar-refractivity contribution in [2.75, 3.05) is 0 Å². The van der Waals surface area contributed by atoms with Crippen molar-refractivity contribution in [1.82, 2.24) is 0 Å². The molecule has 0 amide bonds. The molecule has 0 radical (unpaired) electrons. The topological polar surface area (TPSA) is 13.1 Å². The molecule has 1 heterocycles. The summed E-state index contributed by atoms with van der Waals surface area (Å²) in [4.78, 5) is 0. The molecular formula is C19H16O. The van der Waals surface area contributed by atoms with Crippen molar-refractivity contribution in [2.24, 2.45) is 0 Å². The third-order valence-electron chi connectivity index (χ3n) is 4.01. The largest absolute Gasteiger partial charge is 0.460 e. The van der Waals surface area contributed by atoms with Crippen LogP contribution in [0.3, 0.4) is 0 Å². The molecule has 0 N–H and O–H groups in total. The van der Waals surface area contributed by atoms with Crippen molar-refractivity contribution >= 4 is 17.0 Å². The second kappa shape index (κ2) is 4.38. The first-order chi connectivity index (χ1) is 9.81. The molecule has 1 nitrogen and oxygen atoms in total. The van der Waals surface area contributed by atoms with Crippen LogP contribution < -0.4 is 0 Å². The standard InChI is InChI=1S/C19H16O/c1-13-6-8-14(9-7-13)15-10-11-19-17(12-15)16-4-2-3-5-18(16)20-19/h2,4,6-12H,3,5H2,1H3. The van der Waals surface area contributed by atoms with Gasteiger partial charge in [0.1, 0.15) is 11.3 Å². The van der Waals surface area contributed by atoms with Crippen LogP contribution in [0.1, 0.15) is 23.3 Å². The number of rotatable bonds is 1. The minimum absolute atomic E-state index is 0.998. The van der Waals surface area contributed by atoms with E-state index in [-0.39, 0.29) is 0 Å². The van der Waals surface area contributed by atoms with Crippen molar-refractivity contribution in [3.63, 3.8) is 0 Å². The number of benzene rings is 2. The summed E-state index contributed by atoms with van der Waals surface area (Å²) in [5, 5.41) is 1.23. The summed E-state index contributed by atoms with van der Waals surface area (Å²) in [5.41, 5.74) is 6.06. The first-order valence-electron chi connectivity index (χ1n) is 7.10. The van der Waals surface area contributed by atoms with E-state index in [0.29, 0.717) is 0 Å². The molecule has 1 aromatic heterocycles. The van der Waals surface area contributed by atoms with Gasteiger partial charge in [0.15, 0.2) is 0 Å². The quantitative estimate of drug-likeness (QED) is 0.573. The predicted octanol–water partition coefficient (Wildman–Crippen LogP) is 5.37. The maximum Gasteiger partial charge on any atom is 0.134 e. The van der Waals surface area contributed by atoms with Gasteiger partial charge in [-0.25, -0.2) is 0 Å². The zero-order valence-electron chi connectivity index (χ0n) is 11.5. The van der Waals surface area contributed by atoms with Crippen LogP contribution >= 0.6 is 0 Å². The van der Waals surface area contributed by atoms with Gasteiger partial charge < -0.3 is 4.42 Å². The third-order valence-corrected chi connectivity index (χ3v) is 4.01. The highest BCUT2D eigenvalue weighted by Crippen LogP contribution is 2.33. The Kier molecular flexibility index (Phi) is 2.53. The normalized spacial score (nSPS) is 13.7. The summed E-state index contributed by atoms with van der Waals surface area (Å²) in [6.45, 7) is 2.12.